The van der Waals surface area contributed by atoms with E-state index in [9.17, 15) is 0 Å². The molecule has 0 aliphatic carbocycles. The van der Waals surface area contributed by atoms with E-state index in [1.807, 2.05) is 0 Å². The van der Waals surface area contributed by atoms with Gasteiger partial charge in [-0.1, -0.05) is 40.2 Å². The number of rotatable bonds is 6. The van der Waals surface area contributed by atoms with Crippen LogP contribution in [0.2, 0.25) is 0 Å². The second kappa shape index (κ2) is 6.99. The lowest BCUT2D eigenvalue weighted by Gasteiger charge is -2.15. The Morgan fingerprint density at radius 3 is 2.23 bits per heavy atom. The fourth-order valence-electron chi connectivity index (χ4n) is 1.12. The maximum atomic E-state index is 3.39. The molecule has 0 aliphatic heterocycles. The summed E-state index contributed by atoms with van der Waals surface area (Å²) in [6.07, 6.45) is 6.94. The summed E-state index contributed by atoms with van der Waals surface area (Å²) in [5, 5.41) is 3.39. The van der Waals surface area contributed by atoms with Crippen molar-refractivity contribution < 1.29 is 0 Å². The summed E-state index contributed by atoms with van der Waals surface area (Å²) < 4.78 is 0. The Labute approximate surface area is 83.6 Å². The van der Waals surface area contributed by atoms with Crippen molar-refractivity contribution in [3.8, 4) is 0 Å². The highest BCUT2D eigenvalue weighted by Crippen LogP contribution is 2.06. The number of hydrogen-bond acceptors (Lipinski definition) is 1. The van der Waals surface area contributed by atoms with E-state index < -0.39 is 0 Å². The molecule has 13 heavy (non-hydrogen) atoms. The smallest absolute Gasteiger partial charge is 0.0250 e. The van der Waals surface area contributed by atoms with E-state index >= 15 is 0 Å². The van der Waals surface area contributed by atoms with E-state index in [4.69, 9.17) is 0 Å². The van der Waals surface area contributed by atoms with E-state index in [-0.39, 0.29) is 0 Å². The van der Waals surface area contributed by atoms with Crippen molar-refractivity contribution in [1.29, 1.82) is 0 Å². The lowest BCUT2D eigenvalue weighted by atomic mass is 10.1. The van der Waals surface area contributed by atoms with E-state index in [2.05, 4.69) is 52.2 Å². The Balaban J connectivity index is 3.61. The standard InChI is InChI=1S/C12H25N/c1-6-7-11(4)8-9-13-12(5)10(2)3/h8-13H,6-7H2,1-5H3/b9-8-. The zero-order chi connectivity index (χ0) is 10.3. The van der Waals surface area contributed by atoms with E-state index in [1.165, 1.54) is 12.8 Å². The molecule has 0 aromatic heterocycles. The van der Waals surface area contributed by atoms with Gasteiger partial charge in [0.2, 0.25) is 0 Å². The minimum absolute atomic E-state index is 0.574. The fourth-order valence-corrected chi connectivity index (χ4v) is 1.12. The normalized spacial score (nSPS) is 16.5. The van der Waals surface area contributed by atoms with Crippen LogP contribution in [0.5, 0.6) is 0 Å². The Bertz CT molecular complexity index is 138. The SMILES string of the molecule is CCCC(C)/C=C\NC(C)C(C)C. The van der Waals surface area contributed by atoms with Gasteiger partial charge in [0.1, 0.15) is 0 Å². The summed E-state index contributed by atoms with van der Waals surface area (Å²) in [5.41, 5.74) is 0. The van der Waals surface area contributed by atoms with Gasteiger partial charge in [0.25, 0.3) is 0 Å². The van der Waals surface area contributed by atoms with Gasteiger partial charge in [-0.3, -0.25) is 0 Å². The molecule has 2 atom stereocenters. The van der Waals surface area contributed by atoms with Crippen LogP contribution in [0.25, 0.3) is 0 Å². The molecule has 0 fully saturated rings. The number of hydrogen-bond donors (Lipinski definition) is 1. The average Bonchev–Trinajstić information content (AvgIpc) is 2.04. The van der Waals surface area contributed by atoms with Crippen molar-refractivity contribution in [1.82, 2.24) is 5.32 Å². The van der Waals surface area contributed by atoms with Crippen LogP contribution in [0.1, 0.15) is 47.5 Å². The summed E-state index contributed by atoms with van der Waals surface area (Å²) in [6, 6.07) is 0.574. The Hall–Kier alpha value is -0.460. The summed E-state index contributed by atoms with van der Waals surface area (Å²) >= 11 is 0. The van der Waals surface area contributed by atoms with Crippen molar-refractivity contribution >= 4 is 0 Å². The van der Waals surface area contributed by atoms with Crippen molar-refractivity contribution in [2.24, 2.45) is 11.8 Å². The van der Waals surface area contributed by atoms with Crippen LogP contribution < -0.4 is 5.32 Å². The Morgan fingerprint density at radius 1 is 1.15 bits per heavy atom. The minimum Gasteiger partial charge on any atom is -0.388 e. The molecule has 0 spiro atoms. The van der Waals surface area contributed by atoms with Gasteiger partial charge < -0.3 is 5.32 Å². The first kappa shape index (κ1) is 12.5. The second-order valence-corrected chi connectivity index (χ2v) is 4.32. The molecule has 0 amide bonds. The molecule has 0 aromatic carbocycles. The first-order chi connectivity index (χ1) is 6.07. The first-order valence-electron chi connectivity index (χ1n) is 5.50. The third-order valence-corrected chi connectivity index (χ3v) is 2.53. The summed E-state index contributed by atoms with van der Waals surface area (Å²) in [5.74, 6) is 1.41. The topological polar surface area (TPSA) is 12.0 Å². The lowest BCUT2D eigenvalue weighted by molar-refractivity contribution is 0.471. The molecule has 0 aliphatic rings. The maximum Gasteiger partial charge on any atom is 0.0250 e. The summed E-state index contributed by atoms with van der Waals surface area (Å²) in [4.78, 5) is 0. The van der Waals surface area contributed by atoms with Crippen LogP contribution in [0.15, 0.2) is 12.3 Å². The molecule has 0 saturated carbocycles. The highest BCUT2D eigenvalue weighted by Gasteiger charge is 2.02. The molecule has 2 unspecified atom stereocenters. The summed E-state index contributed by atoms with van der Waals surface area (Å²) in [6.45, 7) is 11.2. The zero-order valence-electron chi connectivity index (χ0n) is 9.80. The van der Waals surface area contributed by atoms with Gasteiger partial charge in [0.15, 0.2) is 0 Å². The fraction of sp³-hybridized carbons (Fsp3) is 0.833. The van der Waals surface area contributed by atoms with Gasteiger partial charge in [-0.05, 0) is 31.4 Å². The molecule has 0 aromatic rings. The van der Waals surface area contributed by atoms with Crippen molar-refractivity contribution in [2.75, 3.05) is 0 Å². The minimum atomic E-state index is 0.574. The second-order valence-electron chi connectivity index (χ2n) is 4.32. The van der Waals surface area contributed by atoms with Gasteiger partial charge in [-0.2, -0.15) is 0 Å². The number of allylic oxidation sites excluding steroid dienone is 1. The third-order valence-electron chi connectivity index (χ3n) is 2.53. The maximum absolute atomic E-state index is 3.39. The molecular weight excluding hydrogens is 158 g/mol. The van der Waals surface area contributed by atoms with Gasteiger partial charge in [-0.25, -0.2) is 0 Å². The summed E-state index contributed by atoms with van der Waals surface area (Å²) in [7, 11) is 0. The van der Waals surface area contributed by atoms with Gasteiger partial charge in [0, 0.05) is 6.04 Å². The van der Waals surface area contributed by atoms with E-state index in [1.54, 1.807) is 0 Å². The molecule has 0 rings (SSSR count). The van der Waals surface area contributed by atoms with Crippen LogP contribution >= 0.6 is 0 Å². The van der Waals surface area contributed by atoms with Crippen LogP contribution in [0.4, 0.5) is 0 Å². The van der Waals surface area contributed by atoms with Gasteiger partial charge in [0.05, 0.1) is 0 Å². The van der Waals surface area contributed by atoms with Crippen molar-refractivity contribution in [3.63, 3.8) is 0 Å². The Morgan fingerprint density at radius 2 is 1.77 bits per heavy atom. The molecule has 78 valence electrons. The van der Waals surface area contributed by atoms with Crippen molar-refractivity contribution in [2.45, 2.75) is 53.5 Å². The third kappa shape index (κ3) is 6.68. The highest BCUT2D eigenvalue weighted by atomic mass is 14.9. The zero-order valence-corrected chi connectivity index (χ0v) is 9.80. The molecular formula is C12H25N. The van der Waals surface area contributed by atoms with Gasteiger partial charge in [-0.15, -0.1) is 0 Å². The molecule has 0 heterocycles. The monoisotopic (exact) mass is 183 g/mol. The lowest BCUT2D eigenvalue weighted by Crippen LogP contribution is -2.26. The van der Waals surface area contributed by atoms with Gasteiger partial charge >= 0.3 is 0 Å². The molecule has 0 saturated heterocycles. The number of nitrogens with one attached hydrogen (secondary N) is 1. The molecule has 1 N–H and O–H groups in total. The average molecular weight is 183 g/mol. The van der Waals surface area contributed by atoms with Crippen LogP contribution in [-0.2, 0) is 0 Å². The van der Waals surface area contributed by atoms with Crippen LogP contribution in [-0.4, -0.2) is 6.04 Å². The van der Waals surface area contributed by atoms with E-state index in [0.29, 0.717) is 17.9 Å². The van der Waals surface area contributed by atoms with Crippen molar-refractivity contribution in [3.05, 3.63) is 12.3 Å². The Kier molecular flexibility index (Phi) is 6.75. The van der Waals surface area contributed by atoms with Crippen LogP contribution in [0, 0.1) is 11.8 Å². The quantitative estimate of drug-likeness (QED) is 0.664. The predicted molar refractivity (Wildman–Crippen MR) is 60.6 cm³/mol. The molecule has 1 heteroatoms. The first-order valence-corrected chi connectivity index (χ1v) is 5.50. The molecule has 0 bridgehead atoms. The highest BCUT2D eigenvalue weighted by molar-refractivity contribution is 4.86. The van der Waals surface area contributed by atoms with E-state index in [0.717, 1.165) is 0 Å². The predicted octanol–water partition coefficient (Wildman–Crippen LogP) is 3.57. The molecule has 1 nitrogen and oxygen atoms in total. The largest absolute Gasteiger partial charge is 0.388 e. The molecule has 0 radical (unpaired) electrons. The van der Waals surface area contributed by atoms with Crippen LogP contribution in [0.3, 0.4) is 0 Å².